The van der Waals surface area contributed by atoms with Crippen molar-refractivity contribution in [3.63, 3.8) is 0 Å². The van der Waals surface area contributed by atoms with Crippen LogP contribution in [0, 0.1) is 11.3 Å². The molecule has 1 aliphatic rings. The van der Waals surface area contributed by atoms with Gasteiger partial charge in [0.05, 0.1) is 0 Å². The standard InChI is InChI=1S/C16H24BrN3/c1-3-11-4-7-13(8-5-11)20(2)15-9-6-12(17)10-14(15)16(18)19/h6,9-11,13H,3-5,7-8H2,1-2H3,(H3,18,19). The molecule has 0 heterocycles. The molecule has 4 heteroatoms. The number of nitrogens with one attached hydrogen (secondary N) is 1. The van der Waals surface area contributed by atoms with Gasteiger partial charge in [-0.3, -0.25) is 5.41 Å². The number of anilines is 1. The van der Waals surface area contributed by atoms with Crippen LogP contribution >= 0.6 is 15.9 Å². The van der Waals surface area contributed by atoms with Gasteiger partial charge in [0.1, 0.15) is 5.84 Å². The number of amidine groups is 1. The van der Waals surface area contributed by atoms with Crippen LogP contribution in [0.15, 0.2) is 22.7 Å². The van der Waals surface area contributed by atoms with E-state index in [-0.39, 0.29) is 5.84 Å². The van der Waals surface area contributed by atoms with Crippen molar-refractivity contribution in [1.29, 1.82) is 5.41 Å². The number of rotatable bonds is 4. The summed E-state index contributed by atoms with van der Waals surface area (Å²) in [6, 6.07) is 6.59. The van der Waals surface area contributed by atoms with Crippen molar-refractivity contribution in [2.24, 2.45) is 11.7 Å². The van der Waals surface area contributed by atoms with Crippen LogP contribution in [0.3, 0.4) is 0 Å². The second-order valence-corrected chi connectivity index (χ2v) is 6.68. The summed E-state index contributed by atoms with van der Waals surface area (Å²) < 4.78 is 0.967. The van der Waals surface area contributed by atoms with E-state index in [4.69, 9.17) is 11.1 Å². The Morgan fingerprint density at radius 2 is 2.00 bits per heavy atom. The molecule has 0 spiro atoms. The average molecular weight is 338 g/mol. The first kappa shape index (κ1) is 15.4. The normalized spacial score (nSPS) is 22.6. The molecular weight excluding hydrogens is 314 g/mol. The van der Waals surface area contributed by atoms with Gasteiger partial charge in [0.25, 0.3) is 0 Å². The minimum Gasteiger partial charge on any atom is -0.384 e. The zero-order chi connectivity index (χ0) is 14.7. The summed E-state index contributed by atoms with van der Waals surface area (Å²) in [7, 11) is 2.13. The molecule has 20 heavy (non-hydrogen) atoms. The molecule has 0 aliphatic heterocycles. The number of nitrogens with two attached hydrogens (primary N) is 1. The summed E-state index contributed by atoms with van der Waals surface area (Å²) in [5, 5.41) is 7.77. The summed E-state index contributed by atoms with van der Waals surface area (Å²) in [6.07, 6.45) is 6.41. The van der Waals surface area contributed by atoms with Crippen molar-refractivity contribution < 1.29 is 0 Å². The maximum Gasteiger partial charge on any atom is 0.124 e. The van der Waals surface area contributed by atoms with Crippen LogP contribution in [0.1, 0.15) is 44.6 Å². The predicted octanol–water partition coefficient (Wildman–Crippen LogP) is 4.14. The number of halogens is 1. The molecule has 0 atom stereocenters. The van der Waals surface area contributed by atoms with E-state index in [0.29, 0.717) is 6.04 Å². The zero-order valence-electron chi connectivity index (χ0n) is 12.3. The fourth-order valence-corrected chi connectivity index (χ4v) is 3.53. The smallest absolute Gasteiger partial charge is 0.124 e. The average Bonchev–Trinajstić information content (AvgIpc) is 2.46. The van der Waals surface area contributed by atoms with Gasteiger partial charge in [0.2, 0.25) is 0 Å². The van der Waals surface area contributed by atoms with Crippen LogP contribution in [0.5, 0.6) is 0 Å². The highest BCUT2D eigenvalue weighted by molar-refractivity contribution is 9.10. The summed E-state index contributed by atoms with van der Waals surface area (Å²) in [6.45, 7) is 2.29. The Labute approximate surface area is 130 Å². The first-order chi connectivity index (χ1) is 9.52. The third-order valence-electron chi connectivity index (χ3n) is 4.57. The summed E-state index contributed by atoms with van der Waals surface area (Å²) in [5.74, 6) is 1.03. The predicted molar refractivity (Wildman–Crippen MR) is 89.6 cm³/mol. The molecule has 0 aromatic heterocycles. The molecular formula is C16H24BrN3. The van der Waals surface area contributed by atoms with Gasteiger partial charge in [-0.2, -0.15) is 0 Å². The molecule has 0 radical (unpaired) electrons. The van der Waals surface area contributed by atoms with Gasteiger partial charge in [-0.25, -0.2) is 0 Å². The van der Waals surface area contributed by atoms with Gasteiger partial charge in [-0.1, -0.05) is 29.3 Å². The molecule has 0 saturated heterocycles. The van der Waals surface area contributed by atoms with Gasteiger partial charge in [0.15, 0.2) is 0 Å². The minimum atomic E-state index is 0.135. The fraction of sp³-hybridized carbons (Fsp3) is 0.562. The van der Waals surface area contributed by atoms with Gasteiger partial charge < -0.3 is 10.6 Å². The lowest BCUT2D eigenvalue weighted by molar-refractivity contribution is 0.313. The van der Waals surface area contributed by atoms with Gasteiger partial charge in [0, 0.05) is 28.8 Å². The van der Waals surface area contributed by atoms with Crippen LogP contribution in [-0.2, 0) is 0 Å². The van der Waals surface area contributed by atoms with E-state index in [1.54, 1.807) is 0 Å². The van der Waals surface area contributed by atoms with Crippen molar-refractivity contribution in [3.05, 3.63) is 28.2 Å². The molecule has 110 valence electrons. The molecule has 1 fully saturated rings. The molecule has 1 aliphatic carbocycles. The summed E-state index contributed by atoms with van der Waals surface area (Å²) in [4.78, 5) is 2.31. The van der Waals surface area contributed by atoms with Crippen molar-refractivity contribution in [2.45, 2.75) is 45.1 Å². The van der Waals surface area contributed by atoms with Gasteiger partial charge >= 0.3 is 0 Å². The van der Waals surface area contributed by atoms with E-state index in [1.807, 2.05) is 12.1 Å². The lowest BCUT2D eigenvalue weighted by Crippen LogP contribution is -2.36. The number of hydrogen-bond acceptors (Lipinski definition) is 2. The Morgan fingerprint density at radius 3 is 2.55 bits per heavy atom. The van der Waals surface area contributed by atoms with Gasteiger partial charge in [-0.05, 0) is 49.8 Å². The zero-order valence-corrected chi connectivity index (χ0v) is 13.9. The SMILES string of the molecule is CCC1CCC(N(C)c2ccc(Br)cc2C(=N)N)CC1. The van der Waals surface area contributed by atoms with E-state index >= 15 is 0 Å². The first-order valence-corrected chi connectivity index (χ1v) is 8.19. The van der Waals surface area contributed by atoms with Crippen LogP contribution in [0.25, 0.3) is 0 Å². The van der Waals surface area contributed by atoms with E-state index in [1.165, 1.54) is 32.1 Å². The molecule has 2 rings (SSSR count). The topological polar surface area (TPSA) is 53.1 Å². The largest absolute Gasteiger partial charge is 0.384 e. The number of benzene rings is 1. The Morgan fingerprint density at radius 1 is 1.35 bits per heavy atom. The molecule has 1 saturated carbocycles. The summed E-state index contributed by atoms with van der Waals surface area (Å²) in [5.41, 5.74) is 7.62. The minimum absolute atomic E-state index is 0.135. The van der Waals surface area contributed by atoms with E-state index in [9.17, 15) is 0 Å². The lowest BCUT2D eigenvalue weighted by atomic mass is 9.84. The highest BCUT2D eigenvalue weighted by atomic mass is 79.9. The van der Waals surface area contributed by atoms with Crippen molar-refractivity contribution in [3.8, 4) is 0 Å². The van der Waals surface area contributed by atoms with Crippen molar-refractivity contribution >= 4 is 27.5 Å². The van der Waals surface area contributed by atoms with E-state index in [2.05, 4.69) is 40.9 Å². The number of hydrogen-bond donors (Lipinski definition) is 2. The molecule has 1 aromatic carbocycles. The van der Waals surface area contributed by atoms with Crippen molar-refractivity contribution in [2.75, 3.05) is 11.9 Å². The maximum absolute atomic E-state index is 7.77. The van der Waals surface area contributed by atoms with Crippen LogP contribution in [0.4, 0.5) is 5.69 Å². The fourth-order valence-electron chi connectivity index (χ4n) is 3.17. The Balaban J connectivity index is 2.17. The van der Waals surface area contributed by atoms with Crippen LogP contribution < -0.4 is 10.6 Å². The van der Waals surface area contributed by atoms with Crippen LogP contribution in [-0.4, -0.2) is 18.9 Å². The maximum atomic E-state index is 7.77. The monoisotopic (exact) mass is 337 g/mol. The molecule has 0 amide bonds. The Hall–Kier alpha value is -1.03. The molecule has 0 unspecified atom stereocenters. The second kappa shape index (κ2) is 6.61. The molecule has 1 aromatic rings. The summed E-state index contributed by atoms with van der Waals surface area (Å²) >= 11 is 3.46. The van der Waals surface area contributed by atoms with E-state index < -0.39 is 0 Å². The van der Waals surface area contributed by atoms with Crippen molar-refractivity contribution in [1.82, 2.24) is 0 Å². The van der Waals surface area contributed by atoms with Gasteiger partial charge in [-0.15, -0.1) is 0 Å². The highest BCUT2D eigenvalue weighted by Gasteiger charge is 2.24. The molecule has 0 bridgehead atoms. The second-order valence-electron chi connectivity index (χ2n) is 5.77. The Kier molecular flexibility index (Phi) is 5.08. The Bertz CT molecular complexity index is 479. The lowest BCUT2D eigenvalue weighted by Gasteiger charge is -2.36. The molecule has 3 nitrogen and oxygen atoms in total. The third kappa shape index (κ3) is 3.35. The highest BCUT2D eigenvalue weighted by Crippen LogP contribution is 2.33. The number of nitrogens with zero attached hydrogens (tertiary/aromatic N) is 1. The quantitative estimate of drug-likeness (QED) is 0.640. The number of nitrogen functional groups attached to an aromatic ring is 1. The third-order valence-corrected chi connectivity index (χ3v) is 5.06. The van der Waals surface area contributed by atoms with E-state index in [0.717, 1.165) is 21.6 Å². The first-order valence-electron chi connectivity index (χ1n) is 7.39. The van der Waals surface area contributed by atoms with Crippen LogP contribution in [0.2, 0.25) is 0 Å². The molecule has 3 N–H and O–H groups in total.